The smallest absolute Gasteiger partial charge is 0.00638 e. The molecule has 0 rings (SSSR count). The van der Waals surface area contributed by atoms with Crippen LogP contribution in [0.15, 0.2) is 23.8 Å². The highest BCUT2D eigenvalue weighted by Gasteiger charge is 2.03. The lowest BCUT2D eigenvalue weighted by Gasteiger charge is -2.19. The maximum absolute atomic E-state index is 2.27. The van der Waals surface area contributed by atoms with E-state index in [0.29, 0.717) is 6.04 Å². The van der Waals surface area contributed by atoms with E-state index in [1.54, 1.807) is 0 Å². The van der Waals surface area contributed by atoms with Gasteiger partial charge in [0.2, 0.25) is 0 Å². The summed E-state index contributed by atoms with van der Waals surface area (Å²) in [4.78, 5) is 2.27. The highest BCUT2D eigenvalue weighted by Crippen LogP contribution is 2.09. The quantitative estimate of drug-likeness (QED) is 0.589. The van der Waals surface area contributed by atoms with Crippen LogP contribution in [0.5, 0.6) is 0 Å². The Morgan fingerprint density at radius 1 is 1.38 bits per heavy atom. The van der Waals surface area contributed by atoms with Crippen LogP contribution in [0.1, 0.15) is 33.6 Å². The maximum Gasteiger partial charge on any atom is 0.00638 e. The van der Waals surface area contributed by atoms with Gasteiger partial charge in [-0.25, -0.2) is 0 Å². The largest absolute Gasteiger partial charge is 0.307 e. The van der Waals surface area contributed by atoms with Crippen molar-refractivity contribution in [3.8, 4) is 0 Å². The van der Waals surface area contributed by atoms with Gasteiger partial charge in [0.1, 0.15) is 0 Å². The summed E-state index contributed by atoms with van der Waals surface area (Å²) in [6, 6.07) is 0.675. The number of hydrogen-bond acceptors (Lipinski definition) is 1. The van der Waals surface area contributed by atoms with Crippen LogP contribution in [0, 0.1) is 0 Å². The van der Waals surface area contributed by atoms with E-state index in [-0.39, 0.29) is 0 Å². The van der Waals surface area contributed by atoms with Crippen molar-refractivity contribution in [3.05, 3.63) is 23.8 Å². The Hall–Kier alpha value is -0.560. The van der Waals surface area contributed by atoms with Crippen LogP contribution in [0.4, 0.5) is 0 Å². The van der Waals surface area contributed by atoms with Gasteiger partial charge in [0.15, 0.2) is 0 Å². The number of rotatable bonds is 5. The van der Waals surface area contributed by atoms with Crippen LogP contribution >= 0.6 is 0 Å². The molecule has 1 atom stereocenters. The second kappa shape index (κ2) is 6.90. The maximum atomic E-state index is 2.27. The summed E-state index contributed by atoms with van der Waals surface area (Å²) in [7, 11) is 4.27. The molecule has 0 aliphatic carbocycles. The molecule has 0 aliphatic rings. The standard InChI is InChI=1S/C12H23N/c1-6-7-8-11(2)9-10-12(3)13(4)5/h6-8,12H,9-10H2,1-5H3/b7-6-,11-8-. The third-order valence-corrected chi connectivity index (χ3v) is 2.41. The highest BCUT2D eigenvalue weighted by atomic mass is 15.1. The lowest BCUT2D eigenvalue weighted by atomic mass is 10.1. The molecule has 0 saturated carbocycles. The van der Waals surface area contributed by atoms with Gasteiger partial charge in [-0.05, 0) is 47.7 Å². The summed E-state index contributed by atoms with van der Waals surface area (Å²) >= 11 is 0. The Labute approximate surface area is 83.1 Å². The van der Waals surface area contributed by atoms with E-state index >= 15 is 0 Å². The van der Waals surface area contributed by atoms with E-state index < -0.39 is 0 Å². The fourth-order valence-electron chi connectivity index (χ4n) is 1.04. The molecule has 13 heavy (non-hydrogen) atoms. The minimum atomic E-state index is 0.675. The Morgan fingerprint density at radius 2 is 2.00 bits per heavy atom. The average Bonchev–Trinajstić information content (AvgIpc) is 2.10. The number of allylic oxidation sites excluding steroid dienone is 4. The molecule has 0 fully saturated rings. The molecule has 1 heteroatoms. The Morgan fingerprint density at radius 3 is 2.46 bits per heavy atom. The molecule has 0 N–H and O–H groups in total. The minimum absolute atomic E-state index is 0.675. The highest BCUT2D eigenvalue weighted by molar-refractivity contribution is 5.09. The van der Waals surface area contributed by atoms with Crippen LogP contribution in [-0.4, -0.2) is 25.0 Å². The predicted octanol–water partition coefficient (Wildman–Crippen LogP) is 3.24. The summed E-state index contributed by atoms with van der Waals surface area (Å²) in [5.74, 6) is 0. The van der Waals surface area contributed by atoms with Crippen molar-refractivity contribution in [2.75, 3.05) is 14.1 Å². The summed E-state index contributed by atoms with van der Waals surface area (Å²) in [5, 5.41) is 0. The lowest BCUT2D eigenvalue weighted by molar-refractivity contribution is 0.299. The predicted molar refractivity (Wildman–Crippen MR) is 61.0 cm³/mol. The molecule has 76 valence electrons. The first-order valence-corrected chi connectivity index (χ1v) is 5.02. The molecule has 1 nitrogen and oxygen atoms in total. The summed E-state index contributed by atoms with van der Waals surface area (Å²) in [5.41, 5.74) is 1.46. The molecule has 0 saturated heterocycles. The third kappa shape index (κ3) is 6.59. The average molecular weight is 181 g/mol. The fraction of sp³-hybridized carbons (Fsp3) is 0.667. The molecule has 0 aliphatic heterocycles. The molecule has 1 unspecified atom stereocenters. The topological polar surface area (TPSA) is 3.24 Å². The van der Waals surface area contributed by atoms with Crippen molar-refractivity contribution >= 4 is 0 Å². The first kappa shape index (κ1) is 12.4. The Bertz CT molecular complexity index is 178. The summed E-state index contributed by atoms with van der Waals surface area (Å²) < 4.78 is 0. The Kier molecular flexibility index (Phi) is 6.61. The fourth-order valence-corrected chi connectivity index (χ4v) is 1.04. The third-order valence-electron chi connectivity index (χ3n) is 2.41. The summed E-state index contributed by atoms with van der Waals surface area (Å²) in [6.45, 7) is 6.51. The van der Waals surface area contributed by atoms with Gasteiger partial charge in [0.25, 0.3) is 0 Å². The van der Waals surface area contributed by atoms with Crippen molar-refractivity contribution in [2.45, 2.75) is 39.7 Å². The molecular formula is C12H23N. The zero-order chi connectivity index (χ0) is 10.3. The molecule has 0 aromatic carbocycles. The van der Waals surface area contributed by atoms with Crippen LogP contribution in [0.25, 0.3) is 0 Å². The van der Waals surface area contributed by atoms with Crippen molar-refractivity contribution < 1.29 is 0 Å². The molecule has 0 bridgehead atoms. The van der Waals surface area contributed by atoms with E-state index in [1.807, 2.05) is 6.92 Å². The van der Waals surface area contributed by atoms with Gasteiger partial charge < -0.3 is 4.90 Å². The van der Waals surface area contributed by atoms with Crippen LogP contribution in [0.2, 0.25) is 0 Å². The van der Waals surface area contributed by atoms with Gasteiger partial charge in [0, 0.05) is 6.04 Å². The van der Waals surface area contributed by atoms with Crippen LogP contribution in [0.3, 0.4) is 0 Å². The van der Waals surface area contributed by atoms with Gasteiger partial charge >= 0.3 is 0 Å². The second-order valence-electron chi connectivity index (χ2n) is 3.89. The molecule has 0 spiro atoms. The van der Waals surface area contributed by atoms with E-state index in [1.165, 1.54) is 18.4 Å². The molecule has 0 heterocycles. The number of hydrogen-bond donors (Lipinski definition) is 0. The minimum Gasteiger partial charge on any atom is -0.307 e. The first-order chi connectivity index (χ1) is 6.07. The van der Waals surface area contributed by atoms with Crippen molar-refractivity contribution in [1.29, 1.82) is 0 Å². The molecular weight excluding hydrogens is 158 g/mol. The van der Waals surface area contributed by atoms with Crippen molar-refractivity contribution in [3.63, 3.8) is 0 Å². The lowest BCUT2D eigenvalue weighted by Crippen LogP contribution is -2.24. The molecule has 0 amide bonds. The van der Waals surface area contributed by atoms with E-state index in [4.69, 9.17) is 0 Å². The van der Waals surface area contributed by atoms with Crippen LogP contribution in [-0.2, 0) is 0 Å². The van der Waals surface area contributed by atoms with Gasteiger partial charge in [0.05, 0.1) is 0 Å². The van der Waals surface area contributed by atoms with E-state index in [2.05, 4.69) is 51.1 Å². The van der Waals surface area contributed by atoms with E-state index in [9.17, 15) is 0 Å². The molecule has 0 aromatic rings. The second-order valence-corrected chi connectivity index (χ2v) is 3.89. The number of nitrogens with zero attached hydrogens (tertiary/aromatic N) is 1. The van der Waals surface area contributed by atoms with Crippen molar-refractivity contribution in [2.24, 2.45) is 0 Å². The van der Waals surface area contributed by atoms with Crippen LogP contribution < -0.4 is 0 Å². The Balaban J connectivity index is 3.75. The zero-order valence-electron chi connectivity index (χ0n) is 9.67. The van der Waals surface area contributed by atoms with Gasteiger partial charge in [-0.2, -0.15) is 0 Å². The zero-order valence-corrected chi connectivity index (χ0v) is 9.67. The normalized spacial score (nSPS) is 15.7. The van der Waals surface area contributed by atoms with E-state index in [0.717, 1.165) is 0 Å². The SMILES string of the molecule is C/C=C\C=C(\C)CCC(C)N(C)C. The monoisotopic (exact) mass is 181 g/mol. The first-order valence-electron chi connectivity index (χ1n) is 5.02. The van der Waals surface area contributed by atoms with Gasteiger partial charge in [-0.1, -0.05) is 23.8 Å². The van der Waals surface area contributed by atoms with Gasteiger partial charge in [-0.3, -0.25) is 0 Å². The van der Waals surface area contributed by atoms with Crippen molar-refractivity contribution in [1.82, 2.24) is 4.90 Å². The molecule has 0 radical (unpaired) electrons. The summed E-state index contributed by atoms with van der Waals surface area (Å²) in [6.07, 6.45) is 8.81. The molecule has 0 aromatic heterocycles. The van der Waals surface area contributed by atoms with Gasteiger partial charge in [-0.15, -0.1) is 0 Å².